The van der Waals surface area contributed by atoms with Gasteiger partial charge < -0.3 is 19.3 Å². The maximum atomic E-state index is 12.6. The summed E-state index contributed by atoms with van der Waals surface area (Å²) in [5, 5.41) is 0. The van der Waals surface area contributed by atoms with Gasteiger partial charge in [-0.25, -0.2) is 0 Å². The monoisotopic (exact) mass is 378 g/mol. The summed E-state index contributed by atoms with van der Waals surface area (Å²) in [6, 6.07) is 1.52. The number of nitrogens with zero attached hydrogens (tertiary/aromatic N) is 2. The Kier molecular flexibility index (Phi) is 6.72. The van der Waals surface area contributed by atoms with Crippen LogP contribution in [0.4, 0.5) is 0 Å². The Morgan fingerprint density at radius 3 is 2.44 bits per heavy atom. The lowest BCUT2D eigenvalue weighted by atomic mass is 9.86. The van der Waals surface area contributed by atoms with Crippen molar-refractivity contribution >= 4 is 5.91 Å². The van der Waals surface area contributed by atoms with Crippen LogP contribution in [0.2, 0.25) is 0 Å². The molecule has 154 valence electrons. The molecule has 5 nitrogen and oxygen atoms in total. The molecule has 5 heteroatoms. The summed E-state index contributed by atoms with van der Waals surface area (Å²) in [7, 11) is 0. The Labute approximate surface area is 164 Å². The lowest BCUT2D eigenvalue weighted by Gasteiger charge is -2.50. The molecule has 4 rings (SSSR count). The van der Waals surface area contributed by atoms with Crippen LogP contribution < -0.4 is 0 Å². The first-order valence-corrected chi connectivity index (χ1v) is 11.5. The van der Waals surface area contributed by atoms with E-state index in [0.29, 0.717) is 30.9 Å². The zero-order valence-electron chi connectivity index (χ0n) is 17.1. The Bertz CT molecular complexity index is 484. The molecular formula is C22H38N2O3. The van der Waals surface area contributed by atoms with Gasteiger partial charge in [-0.15, -0.1) is 0 Å². The van der Waals surface area contributed by atoms with Crippen LogP contribution >= 0.6 is 0 Å². The first-order chi connectivity index (χ1) is 13.3. The van der Waals surface area contributed by atoms with Gasteiger partial charge in [-0.1, -0.05) is 19.8 Å². The number of carbonyl (C=O) groups excluding carboxylic acids is 1. The van der Waals surface area contributed by atoms with Crippen molar-refractivity contribution in [1.82, 2.24) is 9.80 Å². The summed E-state index contributed by atoms with van der Waals surface area (Å²) >= 11 is 0. The molecule has 0 spiro atoms. The largest absolute Gasteiger partial charge is 0.378 e. The fourth-order valence-electron chi connectivity index (χ4n) is 5.89. The fraction of sp³-hybridized carbons (Fsp3) is 0.955. The Hall–Kier alpha value is -0.650. The third-order valence-electron chi connectivity index (χ3n) is 7.34. The van der Waals surface area contributed by atoms with E-state index >= 15 is 0 Å². The van der Waals surface area contributed by atoms with Crippen LogP contribution in [0.25, 0.3) is 0 Å². The normalized spacial score (nSPS) is 36.6. The number of ether oxygens (including phenoxy) is 2. The molecule has 1 amide bonds. The molecule has 0 bridgehead atoms. The van der Waals surface area contributed by atoms with Crippen molar-refractivity contribution in [2.24, 2.45) is 0 Å². The number of hydrogen-bond acceptors (Lipinski definition) is 4. The number of likely N-dealkylation sites (tertiary alicyclic amines) is 1. The molecule has 2 saturated carbocycles. The van der Waals surface area contributed by atoms with Crippen molar-refractivity contribution < 1.29 is 14.3 Å². The van der Waals surface area contributed by atoms with E-state index in [1.807, 2.05) is 0 Å². The van der Waals surface area contributed by atoms with E-state index in [9.17, 15) is 4.79 Å². The van der Waals surface area contributed by atoms with Crippen molar-refractivity contribution in [2.75, 3.05) is 26.3 Å². The summed E-state index contributed by atoms with van der Waals surface area (Å²) < 4.78 is 11.8. The van der Waals surface area contributed by atoms with E-state index in [1.165, 1.54) is 38.5 Å². The Morgan fingerprint density at radius 2 is 1.70 bits per heavy atom. The van der Waals surface area contributed by atoms with Crippen molar-refractivity contribution in [2.45, 2.75) is 108 Å². The van der Waals surface area contributed by atoms with Gasteiger partial charge in [-0.05, 0) is 57.8 Å². The van der Waals surface area contributed by atoms with Gasteiger partial charge in [0.15, 0.2) is 0 Å². The van der Waals surface area contributed by atoms with Crippen LogP contribution in [0.1, 0.15) is 77.6 Å². The molecule has 0 aromatic carbocycles. The van der Waals surface area contributed by atoms with E-state index in [0.717, 1.165) is 57.8 Å². The van der Waals surface area contributed by atoms with E-state index in [2.05, 4.69) is 16.7 Å². The van der Waals surface area contributed by atoms with Crippen molar-refractivity contribution in [3.05, 3.63) is 0 Å². The Morgan fingerprint density at radius 1 is 0.963 bits per heavy atom. The first-order valence-electron chi connectivity index (χ1n) is 11.5. The standard InChI is InChI=1S/C22H38N2O3/c1-2-15-26-19-9-7-17(8-10-19)23-13-11-18(12-14-23)24-20-5-3-4-6-21(20)27-16-22(24)25/h17-21H,2-16H2,1H3/t17?,19?,20-,21-/m0/s1. The van der Waals surface area contributed by atoms with Gasteiger partial charge >= 0.3 is 0 Å². The molecular weight excluding hydrogens is 340 g/mol. The molecule has 27 heavy (non-hydrogen) atoms. The lowest BCUT2D eigenvalue weighted by molar-refractivity contribution is -0.167. The fourth-order valence-corrected chi connectivity index (χ4v) is 5.89. The van der Waals surface area contributed by atoms with Crippen molar-refractivity contribution in [1.29, 1.82) is 0 Å². The number of rotatable bonds is 5. The second-order valence-electron chi connectivity index (χ2n) is 9.07. The highest BCUT2D eigenvalue weighted by Gasteiger charge is 2.42. The lowest BCUT2D eigenvalue weighted by Crippen LogP contribution is -2.61. The minimum atomic E-state index is 0.241. The quantitative estimate of drug-likeness (QED) is 0.736. The topological polar surface area (TPSA) is 42.0 Å². The van der Waals surface area contributed by atoms with Gasteiger partial charge in [0.1, 0.15) is 6.61 Å². The summed E-state index contributed by atoms with van der Waals surface area (Å²) in [4.78, 5) is 17.6. The highest BCUT2D eigenvalue weighted by molar-refractivity contribution is 5.79. The molecule has 0 aromatic heterocycles. The predicted molar refractivity (Wildman–Crippen MR) is 106 cm³/mol. The second kappa shape index (κ2) is 9.23. The summed E-state index contributed by atoms with van der Waals surface area (Å²) in [5.74, 6) is 0.241. The van der Waals surface area contributed by atoms with Gasteiger partial charge in [0.25, 0.3) is 0 Å². The number of hydrogen-bond donors (Lipinski definition) is 0. The molecule has 2 atom stereocenters. The van der Waals surface area contributed by atoms with E-state index in [1.54, 1.807) is 0 Å². The molecule has 2 saturated heterocycles. The van der Waals surface area contributed by atoms with Gasteiger partial charge in [0.2, 0.25) is 5.91 Å². The maximum Gasteiger partial charge on any atom is 0.249 e. The summed E-state index contributed by atoms with van der Waals surface area (Å²) in [5.41, 5.74) is 0. The number of morpholine rings is 1. The van der Waals surface area contributed by atoms with Crippen LogP contribution in [0.5, 0.6) is 0 Å². The van der Waals surface area contributed by atoms with Gasteiger partial charge in [-0.2, -0.15) is 0 Å². The SMILES string of the molecule is CCCOC1CCC(N2CCC(N3C(=O)CO[C@H]4CCCC[C@@H]43)CC2)CC1. The van der Waals surface area contributed by atoms with E-state index < -0.39 is 0 Å². The van der Waals surface area contributed by atoms with Crippen LogP contribution in [-0.2, 0) is 14.3 Å². The van der Waals surface area contributed by atoms with Crippen molar-refractivity contribution in [3.63, 3.8) is 0 Å². The molecule has 0 N–H and O–H groups in total. The maximum absolute atomic E-state index is 12.6. The third-order valence-corrected chi connectivity index (χ3v) is 7.34. The zero-order chi connectivity index (χ0) is 18.6. The Balaban J connectivity index is 1.27. The molecule has 4 fully saturated rings. The summed E-state index contributed by atoms with van der Waals surface area (Å²) in [6.45, 7) is 5.71. The molecule has 0 radical (unpaired) electrons. The number of piperidine rings is 1. The van der Waals surface area contributed by atoms with E-state index in [4.69, 9.17) is 9.47 Å². The smallest absolute Gasteiger partial charge is 0.249 e. The summed E-state index contributed by atoms with van der Waals surface area (Å²) in [6.07, 6.45) is 14.0. The molecule has 0 unspecified atom stereocenters. The average Bonchev–Trinajstić information content (AvgIpc) is 2.73. The molecule has 2 aliphatic heterocycles. The van der Waals surface area contributed by atoms with Gasteiger partial charge in [0, 0.05) is 31.8 Å². The average molecular weight is 379 g/mol. The first kappa shape index (κ1) is 19.7. The molecule has 0 aromatic rings. The number of amides is 1. The van der Waals surface area contributed by atoms with Gasteiger partial charge in [-0.3, -0.25) is 4.79 Å². The highest BCUT2D eigenvalue weighted by atomic mass is 16.5. The van der Waals surface area contributed by atoms with Crippen LogP contribution in [0, 0.1) is 0 Å². The highest BCUT2D eigenvalue weighted by Crippen LogP contribution is 2.34. The molecule has 2 heterocycles. The zero-order valence-corrected chi connectivity index (χ0v) is 17.1. The van der Waals surface area contributed by atoms with Crippen LogP contribution in [0.3, 0.4) is 0 Å². The number of fused-ring (bicyclic) bond motifs is 1. The minimum Gasteiger partial charge on any atom is -0.378 e. The molecule has 2 aliphatic carbocycles. The third kappa shape index (κ3) is 4.51. The predicted octanol–water partition coefficient (Wildman–Crippen LogP) is 3.36. The van der Waals surface area contributed by atoms with Crippen LogP contribution in [-0.4, -0.2) is 72.3 Å². The van der Waals surface area contributed by atoms with Crippen molar-refractivity contribution in [3.8, 4) is 0 Å². The van der Waals surface area contributed by atoms with Crippen LogP contribution in [0.15, 0.2) is 0 Å². The second-order valence-corrected chi connectivity index (χ2v) is 9.07. The van der Waals surface area contributed by atoms with Gasteiger partial charge in [0.05, 0.1) is 18.2 Å². The minimum absolute atomic E-state index is 0.241. The molecule has 4 aliphatic rings. The van der Waals surface area contributed by atoms with E-state index in [-0.39, 0.29) is 5.91 Å². The number of carbonyl (C=O) groups is 1.